The van der Waals surface area contributed by atoms with Crippen LogP contribution in [0.15, 0.2) is 62.9 Å². The second-order valence-electron chi connectivity index (χ2n) is 6.23. The van der Waals surface area contributed by atoms with Gasteiger partial charge >= 0.3 is 0 Å². The van der Waals surface area contributed by atoms with Gasteiger partial charge in [-0.25, -0.2) is 8.42 Å². The average molecular weight is 450 g/mol. The zero-order valence-corrected chi connectivity index (χ0v) is 17.0. The molecule has 0 unspecified atom stereocenters. The number of sulfonamides is 1. The first kappa shape index (κ1) is 19.6. The lowest BCUT2D eigenvalue weighted by Gasteiger charge is -2.11. The van der Waals surface area contributed by atoms with Crippen molar-refractivity contribution >= 4 is 43.4 Å². The van der Waals surface area contributed by atoms with Gasteiger partial charge < -0.3 is 5.32 Å². The maximum absolute atomic E-state index is 12.5. The Labute approximate surface area is 167 Å². The molecule has 0 aliphatic carbocycles. The van der Waals surface area contributed by atoms with Crippen LogP contribution in [0, 0.1) is 0 Å². The quantitative estimate of drug-likeness (QED) is 0.740. The van der Waals surface area contributed by atoms with Crippen molar-refractivity contribution in [3.8, 4) is 0 Å². The number of hydrogen-bond donors (Lipinski definition) is 2. The Morgan fingerprint density at radius 1 is 1.04 bits per heavy atom. The van der Waals surface area contributed by atoms with E-state index >= 15 is 0 Å². The number of amidine groups is 1. The van der Waals surface area contributed by atoms with Crippen molar-refractivity contribution in [1.29, 1.82) is 0 Å². The molecule has 0 saturated carbocycles. The first-order valence-corrected chi connectivity index (χ1v) is 10.9. The summed E-state index contributed by atoms with van der Waals surface area (Å²) in [6.45, 7) is 0.651. The largest absolute Gasteiger partial charge is 0.322 e. The molecule has 2 aromatic rings. The second-order valence-corrected chi connectivity index (χ2v) is 8.83. The molecule has 1 aliphatic rings. The molecule has 142 valence electrons. The van der Waals surface area contributed by atoms with E-state index in [0.29, 0.717) is 30.1 Å². The Morgan fingerprint density at radius 2 is 1.81 bits per heavy atom. The third-order valence-electron chi connectivity index (χ3n) is 4.14. The Balaban J connectivity index is 1.69. The fourth-order valence-electron chi connectivity index (χ4n) is 2.72. The molecule has 0 bridgehead atoms. The van der Waals surface area contributed by atoms with Crippen LogP contribution in [-0.4, -0.2) is 26.7 Å². The van der Waals surface area contributed by atoms with Gasteiger partial charge in [0.05, 0.1) is 4.90 Å². The summed E-state index contributed by atoms with van der Waals surface area (Å²) in [4.78, 5) is 16.7. The van der Waals surface area contributed by atoms with Crippen molar-refractivity contribution < 1.29 is 13.2 Å². The lowest BCUT2D eigenvalue weighted by molar-refractivity contribution is 0.102. The summed E-state index contributed by atoms with van der Waals surface area (Å²) in [7, 11) is -3.68. The molecule has 8 heteroatoms. The molecule has 0 radical (unpaired) electrons. The van der Waals surface area contributed by atoms with Crippen LogP contribution >= 0.6 is 15.9 Å². The van der Waals surface area contributed by atoms with Gasteiger partial charge in [0.25, 0.3) is 15.9 Å². The molecule has 0 spiro atoms. The summed E-state index contributed by atoms with van der Waals surface area (Å²) in [5, 5.41) is 2.76. The lowest BCUT2D eigenvalue weighted by Crippen LogP contribution is -2.30. The molecule has 6 nitrogen and oxygen atoms in total. The van der Waals surface area contributed by atoms with E-state index in [1.807, 2.05) is 6.07 Å². The Morgan fingerprint density at radius 3 is 2.56 bits per heavy atom. The van der Waals surface area contributed by atoms with E-state index < -0.39 is 10.0 Å². The third-order valence-corrected chi connectivity index (χ3v) is 6.03. The molecule has 1 aliphatic heterocycles. The number of carbonyl (C=O) groups excluding carboxylic acids is 1. The van der Waals surface area contributed by atoms with Gasteiger partial charge in [0.1, 0.15) is 5.84 Å². The van der Waals surface area contributed by atoms with Crippen LogP contribution in [0.25, 0.3) is 0 Å². The molecule has 1 amide bonds. The summed E-state index contributed by atoms with van der Waals surface area (Å²) < 4.78 is 28.4. The van der Waals surface area contributed by atoms with E-state index in [9.17, 15) is 13.2 Å². The molecule has 0 saturated heterocycles. The molecule has 2 aromatic carbocycles. The predicted molar refractivity (Wildman–Crippen MR) is 110 cm³/mol. The first-order chi connectivity index (χ1) is 12.9. The minimum Gasteiger partial charge on any atom is -0.322 e. The van der Waals surface area contributed by atoms with Gasteiger partial charge in [-0.15, -0.1) is 0 Å². The van der Waals surface area contributed by atoms with E-state index in [2.05, 4.69) is 31.0 Å². The van der Waals surface area contributed by atoms with Crippen molar-refractivity contribution in [2.24, 2.45) is 4.99 Å². The zero-order valence-electron chi connectivity index (χ0n) is 14.6. The zero-order chi connectivity index (χ0) is 19.3. The standard InChI is InChI=1S/C19H20BrN3O3S/c20-15-6-4-5-14(13-15)19(24)22-16-8-10-17(11-9-16)27(25,26)23-18-7-2-1-3-12-21-18/h4-6,8-11,13H,1-3,7,12H2,(H,21,23)(H,22,24). The molecule has 0 atom stereocenters. The van der Waals surface area contributed by atoms with Crippen LogP contribution in [0.5, 0.6) is 0 Å². The predicted octanol–water partition coefficient (Wildman–Crippen LogP) is 3.95. The van der Waals surface area contributed by atoms with Crippen molar-refractivity contribution in [3.05, 3.63) is 58.6 Å². The van der Waals surface area contributed by atoms with Crippen molar-refractivity contribution in [2.45, 2.75) is 30.6 Å². The fraction of sp³-hybridized carbons (Fsp3) is 0.263. The number of anilines is 1. The Hall–Kier alpha value is -2.19. The maximum atomic E-state index is 12.5. The van der Waals surface area contributed by atoms with Gasteiger partial charge in [-0.05, 0) is 55.3 Å². The normalized spacial score (nSPS) is 14.8. The van der Waals surface area contributed by atoms with E-state index in [-0.39, 0.29) is 10.8 Å². The van der Waals surface area contributed by atoms with Crippen molar-refractivity contribution in [3.63, 3.8) is 0 Å². The molecular weight excluding hydrogens is 430 g/mol. The number of carbonyl (C=O) groups is 1. The van der Waals surface area contributed by atoms with Crippen molar-refractivity contribution in [2.75, 3.05) is 11.9 Å². The number of aliphatic imine (C=N–C) groups is 1. The molecule has 0 aromatic heterocycles. The highest BCUT2D eigenvalue weighted by atomic mass is 79.9. The van der Waals surface area contributed by atoms with E-state index in [1.54, 1.807) is 30.3 Å². The van der Waals surface area contributed by atoms with Crippen LogP contribution in [0.3, 0.4) is 0 Å². The van der Waals surface area contributed by atoms with Gasteiger partial charge in [0.2, 0.25) is 0 Å². The number of amides is 1. The molecule has 3 rings (SSSR count). The summed E-state index contributed by atoms with van der Waals surface area (Å²) in [6.07, 6.45) is 3.61. The first-order valence-electron chi connectivity index (χ1n) is 8.67. The van der Waals surface area contributed by atoms with Gasteiger partial charge in [-0.2, -0.15) is 0 Å². The fourth-order valence-corrected chi connectivity index (χ4v) is 4.21. The minimum absolute atomic E-state index is 0.134. The summed E-state index contributed by atoms with van der Waals surface area (Å²) >= 11 is 3.33. The average Bonchev–Trinajstić information content (AvgIpc) is 2.90. The van der Waals surface area contributed by atoms with Gasteiger partial charge in [-0.1, -0.05) is 28.4 Å². The number of nitrogens with one attached hydrogen (secondary N) is 2. The van der Waals surface area contributed by atoms with E-state index in [1.165, 1.54) is 12.1 Å². The molecule has 2 N–H and O–H groups in total. The summed E-state index contributed by atoms with van der Waals surface area (Å²) in [6, 6.07) is 13.1. The second kappa shape index (κ2) is 8.67. The lowest BCUT2D eigenvalue weighted by atomic mass is 10.2. The molecular formula is C19H20BrN3O3S. The van der Waals surface area contributed by atoms with Crippen LogP contribution in [0.2, 0.25) is 0 Å². The Kier molecular flexibility index (Phi) is 6.28. The summed E-state index contributed by atoms with van der Waals surface area (Å²) in [5.74, 6) is 0.248. The van der Waals surface area contributed by atoms with Crippen LogP contribution in [0.4, 0.5) is 5.69 Å². The number of halogens is 1. The number of rotatable bonds is 4. The van der Waals surface area contributed by atoms with Gasteiger partial charge in [0, 0.05) is 28.7 Å². The molecule has 1 heterocycles. The number of hydrogen-bond acceptors (Lipinski definition) is 4. The van der Waals surface area contributed by atoms with Crippen LogP contribution in [0.1, 0.15) is 36.0 Å². The molecule has 27 heavy (non-hydrogen) atoms. The maximum Gasteiger partial charge on any atom is 0.262 e. The van der Waals surface area contributed by atoms with E-state index in [0.717, 1.165) is 23.7 Å². The van der Waals surface area contributed by atoms with E-state index in [4.69, 9.17) is 0 Å². The van der Waals surface area contributed by atoms with Crippen LogP contribution in [-0.2, 0) is 10.0 Å². The minimum atomic E-state index is -3.68. The smallest absolute Gasteiger partial charge is 0.262 e. The topological polar surface area (TPSA) is 87.6 Å². The molecule has 0 fully saturated rings. The highest BCUT2D eigenvalue weighted by molar-refractivity contribution is 9.10. The SMILES string of the molecule is O=C(Nc1ccc(S(=O)(=O)NC2=NCCCCC2)cc1)c1cccc(Br)c1. The number of nitrogens with zero attached hydrogens (tertiary/aromatic N) is 1. The summed E-state index contributed by atoms with van der Waals surface area (Å²) in [5.41, 5.74) is 1.03. The number of benzene rings is 2. The van der Waals surface area contributed by atoms with Gasteiger partial charge in [0.15, 0.2) is 0 Å². The highest BCUT2D eigenvalue weighted by Crippen LogP contribution is 2.17. The van der Waals surface area contributed by atoms with Crippen LogP contribution < -0.4 is 10.0 Å². The van der Waals surface area contributed by atoms with Crippen molar-refractivity contribution in [1.82, 2.24) is 4.72 Å². The van der Waals surface area contributed by atoms with Gasteiger partial charge in [-0.3, -0.25) is 14.5 Å². The third kappa shape index (κ3) is 5.40. The highest BCUT2D eigenvalue weighted by Gasteiger charge is 2.17. The Bertz CT molecular complexity index is 956. The monoisotopic (exact) mass is 449 g/mol.